The van der Waals surface area contributed by atoms with E-state index >= 15 is 0 Å². The number of phenols is 3. The molecule has 6 heteroatoms. The first kappa shape index (κ1) is 36.0. The molecular formula is C41H52O6. The normalized spacial score (nSPS) is 13.1. The first-order valence-corrected chi connectivity index (χ1v) is 16.5. The van der Waals surface area contributed by atoms with Crippen LogP contribution in [0.5, 0.6) is 17.2 Å². The first-order chi connectivity index (χ1) is 22.4. The Kier molecular flexibility index (Phi) is 11.4. The Balaban J connectivity index is 1.98. The highest BCUT2D eigenvalue weighted by molar-refractivity contribution is 5.58. The summed E-state index contributed by atoms with van der Waals surface area (Å²) in [6, 6.07) is 21.2. The molecule has 0 heterocycles. The molecule has 47 heavy (non-hydrogen) atoms. The third kappa shape index (κ3) is 6.92. The highest BCUT2D eigenvalue weighted by atomic mass is 16.5. The Labute approximate surface area is 281 Å². The molecule has 1 atom stereocenters. The van der Waals surface area contributed by atoms with Crippen LogP contribution in [0.4, 0.5) is 0 Å². The predicted molar refractivity (Wildman–Crippen MR) is 189 cm³/mol. The van der Waals surface area contributed by atoms with Crippen molar-refractivity contribution in [3.63, 3.8) is 0 Å². The molecule has 4 aromatic carbocycles. The molecule has 0 aliphatic heterocycles. The van der Waals surface area contributed by atoms with Crippen LogP contribution in [0.25, 0.3) is 0 Å². The molecule has 0 saturated heterocycles. The Morgan fingerprint density at radius 1 is 0.447 bits per heavy atom. The molecule has 0 bridgehead atoms. The van der Waals surface area contributed by atoms with Gasteiger partial charge < -0.3 is 29.5 Å². The molecular weight excluding hydrogens is 588 g/mol. The molecule has 0 fully saturated rings. The minimum atomic E-state index is -0.690. The van der Waals surface area contributed by atoms with Gasteiger partial charge in [-0.3, -0.25) is 0 Å². The van der Waals surface area contributed by atoms with Gasteiger partial charge in [0.05, 0.1) is 19.8 Å². The molecule has 3 N–H and O–H groups in total. The van der Waals surface area contributed by atoms with E-state index in [1.54, 1.807) is 21.3 Å². The lowest BCUT2D eigenvalue weighted by atomic mass is 9.68. The molecule has 0 amide bonds. The number of aryl methyl sites for hydroxylation is 3. The van der Waals surface area contributed by atoms with E-state index in [9.17, 15) is 15.3 Å². The van der Waals surface area contributed by atoms with Gasteiger partial charge in [0.15, 0.2) is 0 Å². The molecule has 1 unspecified atom stereocenters. The maximum atomic E-state index is 11.1. The molecule has 0 saturated carbocycles. The number of ether oxygens (including phenoxy) is 3. The molecule has 6 nitrogen and oxygen atoms in total. The van der Waals surface area contributed by atoms with Gasteiger partial charge in [0.1, 0.15) is 17.2 Å². The van der Waals surface area contributed by atoms with E-state index in [1.165, 1.54) is 5.56 Å². The molecule has 0 spiro atoms. The fraction of sp³-hybridized carbons (Fsp3) is 0.415. The van der Waals surface area contributed by atoms with Crippen molar-refractivity contribution in [1.82, 2.24) is 0 Å². The van der Waals surface area contributed by atoms with E-state index in [-0.39, 0.29) is 36.7 Å². The highest BCUT2D eigenvalue weighted by Gasteiger charge is 2.35. The van der Waals surface area contributed by atoms with Crippen molar-refractivity contribution in [2.24, 2.45) is 0 Å². The number of benzene rings is 4. The Morgan fingerprint density at radius 3 is 1.11 bits per heavy atom. The third-order valence-electron chi connectivity index (χ3n) is 9.91. The summed E-state index contributed by atoms with van der Waals surface area (Å²) in [5, 5.41) is 33.0. The lowest BCUT2D eigenvalue weighted by Gasteiger charge is -2.35. The molecule has 0 radical (unpaired) electrons. The summed E-state index contributed by atoms with van der Waals surface area (Å²) in [7, 11) is 4.87. The van der Waals surface area contributed by atoms with Crippen LogP contribution in [-0.4, -0.2) is 36.6 Å². The van der Waals surface area contributed by atoms with Crippen molar-refractivity contribution in [3.05, 3.63) is 122 Å². The monoisotopic (exact) mass is 640 g/mol. The van der Waals surface area contributed by atoms with Gasteiger partial charge >= 0.3 is 0 Å². The summed E-state index contributed by atoms with van der Waals surface area (Å²) < 4.78 is 16.5. The largest absolute Gasteiger partial charge is 0.507 e. The minimum absolute atomic E-state index is 0.170. The van der Waals surface area contributed by atoms with Gasteiger partial charge in [-0.15, -0.1) is 0 Å². The summed E-state index contributed by atoms with van der Waals surface area (Å²) in [4.78, 5) is 0. The zero-order valence-corrected chi connectivity index (χ0v) is 29.6. The van der Waals surface area contributed by atoms with Crippen LogP contribution in [0.3, 0.4) is 0 Å². The molecule has 4 rings (SSSR count). The van der Waals surface area contributed by atoms with Crippen LogP contribution in [0.2, 0.25) is 0 Å². The quantitative estimate of drug-likeness (QED) is 0.120. The van der Waals surface area contributed by atoms with E-state index in [2.05, 4.69) is 77.1 Å². The van der Waals surface area contributed by atoms with Gasteiger partial charge in [-0.25, -0.2) is 0 Å². The predicted octanol–water partition coefficient (Wildman–Crippen LogP) is 8.61. The summed E-state index contributed by atoms with van der Waals surface area (Å²) in [6.07, 6.45) is 2.19. The van der Waals surface area contributed by atoms with Crippen LogP contribution >= 0.6 is 0 Å². The first-order valence-electron chi connectivity index (χ1n) is 16.5. The second-order valence-electron chi connectivity index (χ2n) is 13.1. The van der Waals surface area contributed by atoms with Gasteiger partial charge in [0.25, 0.3) is 0 Å². The summed E-state index contributed by atoms with van der Waals surface area (Å²) in [5.74, 6) is 0.836. The lowest BCUT2D eigenvalue weighted by molar-refractivity contribution is 0.174. The van der Waals surface area contributed by atoms with Crippen molar-refractivity contribution in [3.8, 4) is 17.2 Å². The van der Waals surface area contributed by atoms with Gasteiger partial charge in [-0.2, -0.15) is 0 Å². The molecule has 252 valence electrons. The molecule has 0 aliphatic rings. The second kappa shape index (κ2) is 14.9. The van der Waals surface area contributed by atoms with Gasteiger partial charge in [-0.1, -0.05) is 77.1 Å². The highest BCUT2D eigenvalue weighted by Crippen LogP contribution is 2.45. The number of methoxy groups -OCH3 is 3. The maximum absolute atomic E-state index is 11.1. The van der Waals surface area contributed by atoms with Gasteiger partial charge in [-0.05, 0) is 88.9 Å². The Hall–Kier alpha value is -3.84. The topological polar surface area (TPSA) is 88.4 Å². The summed E-state index contributed by atoms with van der Waals surface area (Å²) >= 11 is 0. The Bertz CT molecular complexity index is 1640. The average Bonchev–Trinajstić information content (AvgIpc) is 3.07. The molecule has 4 aromatic rings. The lowest BCUT2D eigenvalue weighted by Crippen LogP contribution is -2.27. The molecule has 0 aliphatic carbocycles. The van der Waals surface area contributed by atoms with Crippen molar-refractivity contribution in [1.29, 1.82) is 0 Å². The van der Waals surface area contributed by atoms with Crippen LogP contribution in [0.1, 0.15) is 103 Å². The van der Waals surface area contributed by atoms with E-state index < -0.39 is 5.41 Å². The average molecular weight is 641 g/mol. The zero-order chi connectivity index (χ0) is 34.5. The molecule has 0 aromatic heterocycles. The number of phenolic OH excluding ortho intramolecular Hbond substituents is 3. The fourth-order valence-electron chi connectivity index (χ4n) is 6.71. The fourth-order valence-corrected chi connectivity index (χ4v) is 6.71. The minimum Gasteiger partial charge on any atom is -0.507 e. The van der Waals surface area contributed by atoms with Gasteiger partial charge in [0, 0.05) is 48.8 Å². The van der Waals surface area contributed by atoms with Gasteiger partial charge in [0.2, 0.25) is 0 Å². The van der Waals surface area contributed by atoms with Crippen LogP contribution in [-0.2, 0) is 64.1 Å². The van der Waals surface area contributed by atoms with Crippen LogP contribution < -0.4 is 0 Å². The summed E-state index contributed by atoms with van der Waals surface area (Å²) in [6.45, 7) is 13.6. The van der Waals surface area contributed by atoms with Crippen molar-refractivity contribution >= 4 is 0 Å². The number of hydrogen-bond acceptors (Lipinski definition) is 6. The van der Waals surface area contributed by atoms with E-state index in [0.29, 0.717) is 23.3 Å². The Morgan fingerprint density at radius 2 is 0.745 bits per heavy atom. The smallest absolute Gasteiger partial charge is 0.126 e. The van der Waals surface area contributed by atoms with Crippen molar-refractivity contribution in [2.75, 3.05) is 21.3 Å². The van der Waals surface area contributed by atoms with Crippen LogP contribution in [0.15, 0.2) is 60.7 Å². The van der Waals surface area contributed by atoms with Crippen LogP contribution in [0, 0.1) is 0 Å². The van der Waals surface area contributed by atoms with E-state index in [0.717, 1.165) is 57.3 Å². The number of aromatic hydroxyl groups is 3. The van der Waals surface area contributed by atoms with Crippen molar-refractivity contribution in [2.45, 2.75) is 91.5 Å². The third-order valence-corrected chi connectivity index (χ3v) is 9.91. The van der Waals surface area contributed by atoms with Crippen molar-refractivity contribution < 1.29 is 29.5 Å². The SMILES string of the molecule is CCc1cc(C(C)(C)c2ccc(C(C)(c3cc(CC)c(O)c(COC)c3)c3cc(COC)c(O)c(COC)c3)cc2)cc(CC)c1O. The van der Waals surface area contributed by atoms with E-state index in [1.807, 2.05) is 25.1 Å². The number of rotatable bonds is 14. The van der Waals surface area contributed by atoms with E-state index in [4.69, 9.17) is 14.2 Å². The zero-order valence-electron chi connectivity index (χ0n) is 29.6. The number of hydrogen-bond donors (Lipinski definition) is 3. The maximum Gasteiger partial charge on any atom is 0.126 e. The second-order valence-corrected chi connectivity index (χ2v) is 13.1. The standard InChI is InChI=1S/C41H52O6/c1-10-26-17-34(18-27(11-2)37(26)42)40(4,5)32-13-15-33(16-14-32)41(6,35-19-28(12-3)38(43)29(20-35)23-45-7)36-21-30(24-46-8)39(44)31(22-36)25-47-9/h13-22,42-44H,10-12,23-25H2,1-9H3. The summed E-state index contributed by atoms with van der Waals surface area (Å²) in [5.41, 5.74) is 9.21.